The van der Waals surface area contributed by atoms with Crippen molar-refractivity contribution < 1.29 is 4.74 Å². The predicted octanol–water partition coefficient (Wildman–Crippen LogP) is 3.40. The molecule has 138 valence electrons. The normalized spacial score (nSPS) is 17.3. The Morgan fingerprint density at radius 1 is 1.27 bits per heavy atom. The third-order valence-corrected chi connectivity index (χ3v) is 5.21. The van der Waals surface area contributed by atoms with Crippen LogP contribution in [-0.2, 0) is 6.54 Å². The van der Waals surface area contributed by atoms with Gasteiger partial charge < -0.3 is 20.3 Å². The van der Waals surface area contributed by atoms with Crippen LogP contribution in [0.2, 0.25) is 0 Å². The average molecular weight is 417 g/mol. The van der Waals surface area contributed by atoms with Crippen LogP contribution in [0.5, 0.6) is 5.75 Å². The minimum Gasteiger partial charge on any atom is -0.497 e. The van der Waals surface area contributed by atoms with Gasteiger partial charge in [-0.05, 0) is 52.2 Å². The third kappa shape index (κ3) is 4.69. The first-order chi connectivity index (χ1) is 12.7. The van der Waals surface area contributed by atoms with Gasteiger partial charge in [-0.3, -0.25) is 4.99 Å². The van der Waals surface area contributed by atoms with Crippen molar-refractivity contribution in [3.05, 3.63) is 58.6 Å². The van der Waals surface area contributed by atoms with Crippen molar-refractivity contribution in [2.45, 2.75) is 19.0 Å². The monoisotopic (exact) mass is 416 g/mol. The Bertz CT molecular complexity index is 765. The highest BCUT2D eigenvalue weighted by molar-refractivity contribution is 9.10. The van der Waals surface area contributed by atoms with Gasteiger partial charge >= 0.3 is 0 Å². The predicted molar refractivity (Wildman–Crippen MR) is 111 cm³/mol. The largest absolute Gasteiger partial charge is 0.497 e. The van der Waals surface area contributed by atoms with Crippen LogP contribution < -0.4 is 20.3 Å². The smallest absolute Gasteiger partial charge is 0.191 e. The zero-order chi connectivity index (χ0) is 18.4. The van der Waals surface area contributed by atoms with Gasteiger partial charge in [0.15, 0.2) is 5.96 Å². The third-order valence-electron chi connectivity index (χ3n) is 4.54. The summed E-state index contributed by atoms with van der Waals surface area (Å²) < 4.78 is 6.42. The first-order valence-electron chi connectivity index (χ1n) is 8.79. The number of hydrogen-bond acceptors (Lipinski definition) is 3. The molecule has 1 atom stereocenters. The van der Waals surface area contributed by atoms with Crippen LogP contribution in [0.25, 0.3) is 0 Å². The molecule has 0 bridgehead atoms. The number of anilines is 1. The molecule has 0 aromatic heterocycles. The summed E-state index contributed by atoms with van der Waals surface area (Å²) in [4.78, 5) is 6.76. The molecular formula is C20H25BrN4O. The Morgan fingerprint density at radius 2 is 2.12 bits per heavy atom. The number of para-hydroxylation sites is 1. The fourth-order valence-corrected chi connectivity index (χ4v) is 3.70. The summed E-state index contributed by atoms with van der Waals surface area (Å²) in [7, 11) is 3.49. The Hall–Kier alpha value is -2.21. The van der Waals surface area contributed by atoms with Crippen molar-refractivity contribution in [3.63, 3.8) is 0 Å². The van der Waals surface area contributed by atoms with Gasteiger partial charge in [-0.25, -0.2) is 0 Å². The minimum atomic E-state index is 0.374. The molecule has 0 radical (unpaired) electrons. The molecule has 26 heavy (non-hydrogen) atoms. The van der Waals surface area contributed by atoms with E-state index in [1.165, 1.54) is 5.69 Å². The molecule has 5 nitrogen and oxygen atoms in total. The van der Waals surface area contributed by atoms with Crippen LogP contribution in [0.4, 0.5) is 5.69 Å². The molecule has 1 saturated heterocycles. The highest BCUT2D eigenvalue weighted by atomic mass is 79.9. The lowest BCUT2D eigenvalue weighted by Gasteiger charge is -2.21. The highest BCUT2D eigenvalue weighted by Gasteiger charge is 2.24. The summed E-state index contributed by atoms with van der Waals surface area (Å²) in [5.41, 5.74) is 2.41. The second kappa shape index (κ2) is 8.94. The summed E-state index contributed by atoms with van der Waals surface area (Å²) in [6, 6.07) is 16.8. The van der Waals surface area contributed by atoms with E-state index in [-0.39, 0.29) is 0 Å². The van der Waals surface area contributed by atoms with Crippen molar-refractivity contribution in [3.8, 4) is 5.75 Å². The number of halogens is 1. The second-order valence-electron chi connectivity index (χ2n) is 6.30. The average Bonchev–Trinajstić information content (AvgIpc) is 3.14. The lowest BCUT2D eigenvalue weighted by molar-refractivity contribution is 0.414. The number of aliphatic imine (C=N–C) groups is 1. The topological polar surface area (TPSA) is 48.9 Å². The Labute approximate surface area is 163 Å². The molecule has 0 aliphatic carbocycles. The van der Waals surface area contributed by atoms with E-state index >= 15 is 0 Å². The molecule has 0 saturated carbocycles. The standard InChI is InChI=1S/C20H25BrN4O/c1-22-20(23-13-15-6-5-7-17(12-15)26-2)24-16-10-11-25(14-16)19-9-4-3-8-18(19)21/h3-9,12,16H,10-11,13-14H2,1-2H3,(H2,22,23,24). The number of ether oxygens (including phenoxy) is 1. The molecule has 2 aromatic carbocycles. The molecule has 1 aliphatic rings. The number of benzene rings is 2. The van der Waals surface area contributed by atoms with E-state index in [4.69, 9.17) is 4.74 Å². The van der Waals surface area contributed by atoms with Crippen LogP contribution >= 0.6 is 15.9 Å². The molecule has 1 unspecified atom stereocenters. The molecule has 1 aliphatic heterocycles. The van der Waals surface area contributed by atoms with Gasteiger partial charge in [0.1, 0.15) is 5.75 Å². The first kappa shape index (κ1) is 18.6. The number of guanidine groups is 1. The van der Waals surface area contributed by atoms with Crippen LogP contribution in [-0.4, -0.2) is 39.2 Å². The Morgan fingerprint density at radius 3 is 2.88 bits per heavy atom. The van der Waals surface area contributed by atoms with E-state index < -0.39 is 0 Å². The van der Waals surface area contributed by atoms with Gasteiger partial charge in [0.05, 0.1) is 12.8 Å². The Balaban J connectivity index is 1.53. The minimum absolute atomic E-state index is 0.374. The maximum atomic E-state index is 5.28. The summed E-state index contributed by atoms with van der Waals surface area (Å²) in [6.45, 7) is 2.70. The van der Waals surface area contributed by atoms with Gasteiger partial charge in [-0.1, -0.05) is 24.3 Å². The SMILES string of the molecule is CN=C(NCc1cccc(OC)c1)NC1CCN(c2ccccc2Br)C1. The lowest BCUT2D eigenvalue weighted by Crippen LogP contribution is -2.44. The molecule has 2 N–H and O–H groups in total. The number of nitrogens with one attached hydrogen (secondary N) is 2. The molecule has 3 rings (SSSR count). The number of methoxy groups -OCH3 is 1. The molecule has 0 spiro atoms. The van der Waals surface area contributed by atoms with E-state index in [0.29, 0.717) is 12.6 Å². The van der Waals surface area contributed by atoms with Gasteiger partial charge in [0, 0.05) is 37.2 Å². The summed E-state index contributed by atoms with van der Waals surface area (Å²) in [5, 5.41) is 6.92. The van der Waals surface area contributed by atoms with Crippen molar-refractivity contribution in [2.75, 3.05) is 32.1 Å². The van der Waals surface area contributed by atoms with Crippen LogP contribution in [0.1, 0.15) is 12.0 Å². The van der Waals surface area contributed by atoms with E-state index in [2.05, 4.69) is 60.7 Å². The molecule has 1 heterocycles. The quantitative estimate of drug-likeness (QED) is 0.579. The van der Waals surface area contributed by atoms with Gasteiger partial charge in [-0.2, -0.15) is 0 Å². The first-order valence-corrected chi connectivity index (χ1v) is 9.58. The number of hydrogen-bond donors (Lipinski definition) is 2. The summed E-state index contributed by atoms with van der Waals surface area (Å²) in [5.74, 6) is 1.69. The fourth-order valence-electron chi connectivity index (χ4n) is 3.16. The van der Waals surface area contributed by atoms with Crippen LogP contribution in [0.15, 0.2) is 58.0 Å². The van der Waals surface area contributed by atoms with E-state index in [1.807, 2.05) is 24.3 Å². The van der Waals surface area contributed by atoms with E-state index in [0.717, 1.165) is 41.3 Å². The zero-order valence-corrected chi connectivity index (χ0v) is 16.8. The molecule has 1 fully saturated rings. The van der Waals surface area contributed by atoms with E-state index in [9.17, 15) is 0 Å². The van der Waals surface area contributed by atoms with Gasteiger partial charge in [0.25, 0.3) is 0 Å². The molecule has 6 heteroatoms. The van der Waals surface area contributed by atoms with Gasteiger partial charge in [-0.15, -0.1) is 0 Å². The zero-order valence-electron chi connectivity index (χ0n) is 15.2. The maximum absolute atomic E-state index is 5.28. The Kier molecular flexibility index (Phi) is 6.39. The van der Waals surface area contributed by atoms with E-state index in [1.54, 1.807) is 14.2 Å². The lowest BCUT2D eigenvalue weighted by atomic mass is 10.2. The molecule has 0 amide bonds. The van der Waals surface area contributed by atoms with Gasteiger partial charge in [0.2, 0.25) is 0 Å². The maximum Gasteiger partial charge on any atom is 0.191 e. The number of rotatable bonds is 5. The molecular weight excluding hydrogens is 392 g/mol. The summed E-state index contributed by atoms with van der Waals surface area (Å²) in [6.07, 6.45) is 1.08. The van der Waals surface area contributed by atoms with Crippen molar-refractivity contribution in [1.82, 2.24) is 10.6 Å². The summed E-state index contributed by atoms with van der Waals surface area (Å²) >= 11 is 3.64. The van der Waals surface area contributed by atoms with Crippen molar-refractivity contribution in [2.24, 2.45) is 4.99 Å². The highest BCUT2D eigenvalue weighted by Crippen LogP contribution is 2.28. The molecule has 2 aromatic rings. The second-order valence-corrected chi connectivity index (χ2v) is 7.16. The van der Waals surface area contributed by atoms with Crippen LogP contribution in [0.3, 0.4) is 0 Å². The van der Waals surface area contributed by atoms with Crippen molar-refractivity contribution in [1.29, 1.82) is 0 Å². The fraction of sp³-hybridized carbons (Fsp3) is 0.350. The van der Waals surface area contributed by atoms with Crippen molar-refractivity contribution >= 4 is 27.6 Å². The van der Waals surface area contributed by atoms with Crippen LogP contribution in [0, 0.1) is 0 Å². The number of nitrogens with zero attached hydrogens (tertiary/aromatic N) is 2.